The van der Waals surface area contributed by atoms with E-state index in [1.807, 2.05) is 24.3 Å². The number of nitrogens with zero attached hydrogens (tertiary/aromatic N) is 4. The molecule has 0 unspecified atom stereocenters. The quantitative estimate of drug-likeness (QED) is 0.253. The molecule has 3 N–H and O–H groups in total. The van der Waals surface area contributed by atoms with Gasteiger partial charge in [-0.2, -0.15) is 5.10 Å². The number of aromatic nitrogens is 5. The van der Waals surface area contributed by atoms with E-state index in [0.717, 1.165) is 17.0 Å². The number of amides is 2. The highest BCUT2D eigenvalue weighted by atomic mass is 32.2. The number of pyridine rings is 1. The third kappa shape index (κ3) is 5.28. The van der Waals surface area contributed by atoms with Crippen molar-refractivity contribution in [2.45, 2.75) is 11.8 Å². The number of aromatic amines is 1. The molecule has 3 aromatic carbocycles. The standard InChI is InChI=1S/C29H23N7O5S/c1-17-15-25(36(35-17)18-7-9-19(10-8-18)42(2,39)40)33-29(38)32-22-11-12-23(21-6-4-3-5-20(21)22)41-24-13-14-30-28-27(24)31-16-26(37)34-28/h3-16H,1-2H3,(H,30,34,37)(H2,32,33,38). The molecule has 12 nitrogen and oxygen atoms in total. The van der Waals surface area contributed by atoms with Crippen LogP contribution in [0.5, 0.6) is 11.5 Å². The van der Waals surface area contributed by atoms with Crippen LogP contribution in [-0.2, 0) is 9.84 Å². The van der Waals surface area contributed by atoms with Gasteiger partial charge in [0.15, 0.2) is 21.2 Å². The van der Waals surface area contributed by atoms with Crippen LogP contribution in [0.4, 0.5) is 16.3 Å². The van der Waals surface area contributed by atoms with Gasteiger partial charge in [0.1, 0.15) is 17.1 Å². The summed E-state index contributed by atoms with van der Waals surface area (Å²) in [7, 11) is -3.35. The summed E-state index contributed by atoms with van der Waals surface area (Å²) in [6, 6.07) is 20.0. The normalized spacial score (nSPS) is 11.5. The Kier molecular flexibility index (Phi) is 6.63. The second-order valence-electron chi connectivity index (χ2n) is 9.44. The topological polar surface area (TPSA) is 161 Å². The van der Waals surface area contributed by atoms with Gasteiger partial charge in [-0.3, -0.25) is 10.1 Å². The molecule has 3 aromatic heterocycles. The molecule has 0 radical (unpaired) electrons. The maximum Gasteiger partial charge on any atom is 0.324 e. The summed E-state index contributed by atoms with van der Waals surface area (Å²) in [6.45, 7) is 1.79. The van der Waals surface area contributed by atoms with Gasteiger partial charge in [-0.05, 0) is 43.3 Å². The van der Waals surface area contributed by atoms with Crippen molar-refractivity contribution in [3.05, 3.63) is 101 Å². The van der Waals surface area contributed by atoms with E-state index in [4.69, 9.17) is 4.74 Å². The number of hydrogen-bond donors (Lipinski definition) is 3. The Morgan fingerprint density at radius 1 is 0.929 bits per heavy atom. The Balaban J connectivity index is 1.26. The fraction of sp³-hybridized carbons (Fsp3) is 0.0690. The van der Waals surface area contributed by atoms with Crippen LogP contribution < -0.4 is 20.9 Å². The van der Waals surface area contributed by atoms with Crippen LogP contribution >= 0.6 is 0 Å². The largest absolute Gasteiger partial charge is 0.454 e. The molecule has 3 heterocycles. The number of nitrogens with one attached hydrogen (secondary N) is 3. The van der Waals surface area contributed by atoms with Gasteiger partial charge in [0.25, 0.3) is 5.56 Å². The van der Waals surface area contributed by atoms with Crippen molar-refractivity contribution in [3.8, 4) is 17.2 Å². The van der Waals surface area contributed by atoms with Gasteiger partial charge in [-0.25, -0.2) is 27.9 Å². The highest BCUT2D eigenvalue weighted by Gasteiger charge is 2.16. The Labute approximate surface area is 238 Å². The van der Waals surface area contributed by atoms with Crippen LogP contribution in [0.1, 0.15) is 5.69 Å². The van der Waals surface area contributed by atoms with E-state index < -0.39 is 15.9 Å². The monoisotopic (exact) mass is 581 g/mol. The molecule has 210 valence electrons. The molecular weight excluding hydrogens is 558 g/mol. The number of fused-ring (bicyclic) bond motifs is 2. The average Bonchev–Trinajstić information content (AvgIpc) is 3.33. The maximum atomic E-state index is 13.1. The zero-order valence-electron chi connectivity index (χ0n) is 22.3. The molecule has 6 aromatic rings. The van der Waals surface area contributed by atoms with Crippen molar-refractivity contribution in [2.24, 2.45) is 0 Å². The second kappa shape index (κ2) is 10.4. The van der Waals surface area contributed by atoms with E-state index in [-0.39, 0.29) is 10.5 Å². The molecule has 0 aliphatic heterocycles. The van der Waals surface area contributed by atoms with E-state index in [0.29, 0.717) is 45.5 Å². The number of carbonyl (C=O) groups excluding carboxylic acids is 1. The first-order valence-electron chi connectivity index (χ1n) is 12.6. The molecule has 42 heavy (non-hydrogen) atoms. The number of carbonyl (C=O) groups is 1. The lowest BCUT2D eigenvalue weighted by atomic mass is 10.1. The first-order valence-corrected chi connectivity index (χ1v) is 14.5. The lowest BCUT2D eigenvalue weighted by Crippen LogP contribution is -2.21. The molecule has 0 spiro atoms. The van der Waals surface area contributed by atoms with Gasteiger partial charge >= 0.3 is 6.03 Å². The number of hydrogen-bond acceptors (Lipinski definition) is 8. The van der Waals surface area contributed by atoms with Gasteiger partial charge in [0.05, 0.1) is 28.2 Å². The van der Waals surface area contributed by atoms with Gasteiger partial charge in [0.2, 0.25) is 0 Å². The van der Waals surface area contributed by atoms with Crippen LogP contribution in [0.3, 0.4) is 0 Å². The number of anilines is 2. The van der Waals surface area contributed by atoms with Crippen LogP contribution in [0.15, 0.2) is 94.9 Å². The molecule has 0 saturated carbocycles. The molecule has 13 heteroatoms. The summed E-state index contributed by atoms with van der Waals surface area (Å²) in [6.07, 6.45) is 3.82. The van der Waals surface area contributed by atoms with E-state index in [9.17, 15) is 18.0 Å². The Bertz CT molecular complexity index is 2160. The summed E-state index contributed by atoms with van der Waals surface area (Å²) in [5.74, 6) is 1.33. The fourth-order valence-corrected chi connectivity index (χ4v) is 5.12. The third-order valence-electron chi connectivity index (χ3n) is 6.37. The van der Waals surface area contributed by atoms with Gasteiger partial charge in [0, 0.05) is 35.4 Å². The molecular formula is C29H23N7O5S. The molecule has 0 saturated heterocycles. The summed E-state index contributed by atoms with van der Waals surface area (Å²) < 4.78 is 31.4. The van der Waals surface area contributed by atoms with Crippen molar-refractivity contribution in [1.29, 1.82) is 0 Å². The Hall–Kier alpha value is -5.56. The minimum Gasteiger partial charge on any atom is -0.454 e. The average molecular weight is 582 g/mol. The van der Waals surface area contributed by atoms with E-state index in [1.54, 1.807) is 43.3 Å². The molecule has 0 atom stereocenters. The minimum absolute atomic E-state index is 0.185. The van der Waals surface area contributed by atoms with Crippen molar-refractivity contribution in [2.75, 3.05) is 16.9 Å². The number of benzene rings is 3. The SMILES string of the molecule is Cc1cc(NC(=O)Nc2ccc(Oc3ccnc4[nH]c(=O)cnc34)c3ccccc23)n(-c2ccc(S(C)(=O)=O)cc2)n1. The van der Waals surface area contributed by atoms with E-state index in [1.165, 1.54) is 29.2 Å². The fourth-order valence-electron chi connectivity index (χ4n) is 4.48. The van der Waals surface area contributed by atoms with Crippen LogP contribution in [0.2, 0.25) is 0 Å². The highest BCUT2D eigenvalue weighted by Crippen LogP contribution is 2.35. The number of ether oxygens (including phenoxy) is 1. The summed E-state index contributed by atoms with van der Waals surface area (Å²) >= 11 is 0. The zero-order valence-corrected chi connectivity index (χ0v) is 23.1. The van der Waals surface area contributed by atoms with Crippen molar-refractivity contribution in [1.82, 2.24) is 24.7 Å². The van der Waals surface area contributed by atoms with Crippen molar-refractivity contribution >= 4 is 49.3 Å². The Morgan fingerprint density at radius 3 is 2.45 bits per heavy atom. The smallest absolute Gasteiger partial charge is 0.324 e. The molecule has 0 fully saturated rings. The zero-order chi connectivity index (χ0) is 29.4. The Morgan fingerprint density at radius 2 is 1.69 bits per heavy atom. The number of aryl methyl sites for hydroxylation is 1. The van der Waals surface area contributed by atoms with Crippen LogP contribution in [0, 0.1) is 6.92 Å². The predicted molar refractivity (Wildman–Crippen MR) is 158 cm³/mol. The minimum atomic E-state index is -3.35. The number of sulfone groups is 1. The first kappa shape index (κ1) is 26.7. The van der Waals surface area contributed by atoms with Crippen molar-refractivity contribution < 1.29 is 17.9 Å². The van der Waals surface area contributed by atoms with Crippen LogP contribution in [-0.4, -0.2) is 45.4 Å². The molecule has 0 bridgehead atoms. The van der Waals surface area contributed by atoms with E-state index >= 15 is 0 Å². The first-order chi connectivity index (χ1) is 20.2. The number of urea groups is 1. The van der Waals surface area contributed by atoms with Crippen molar-refractivity contribution in [3.63, 3.8) is 0 Å². The second-order valence-corrected chi connectivity index (χ2v) is 11.5. The number of H-pyrrole nitrogens is 1. The van der Waals surface area contributed by atoms with Gasteiger partial charge in [-0.1, -0.05) is 24.3 Å². The van der Waals surface area contributed by atoms with E-state index in [2.05, 4.69) is 30.7 Å². The molecule has 2 amide bonds. The van der Waals surface area contributed by atoms with Crippen LogP contribution in [0.25, 0.3) is 27.6 Å². The lowest BCUT2D eigenvalue weighted by Gasteiger charge is -2.15. The third-order valence-corrected chi connectivity index (χ3v) is 7.50. The summed E-state index contributed by atoms with van der Waals surface area (Å²) in [5, 5.41) is 11.6. The molecule has 6 rings (SSSR count). The molecule has 0 aliphatic carbocycles. The van der Waals surface area contributed by atoms with Gasteiger partial charge < -0.3 is 15.0 Å². The van der Waals surface area contributed by atoms with Gasteiger partial charge in [-0.15, -0.1) is 0 Å². The lowest BCUT2D eigenvalue weighted by molar-refractivity contribution is 0.262. The maximum absolute atomic E-state index is 13.1. The molecule has 0 aliphatic rings. The summed E-state index contributed by atoms with van der Waals surface area (Å²) in [4.78, 5) is 35.9. The highest BCUT2D eigenvalue weighted by molar-refractivity contribution is 7.90. The number of rotatable bonds is 6. The predicted octanol–water partition coefficient (Wildman–Crippen LogP) is 4.81. The summed E-state index contributed by atoms with van der Waals surface area (Å²) in [5.41, 5.74) is 2.12.